The summed E-state index contributed by atoms with van der Waals surface area (Å²) in [5.74, 6) is -1.44. The molecule has 7 nitrogen and oxygen atoms in total. The predicted molar refractivity (Wildman–Crippen MR) is 122 cm³/mol. The van der Waals surface area contributed by atoms with Crippen LogP contribution in [0.2, 0.25) is 5.02 Å². The zero-order chi connectivity index (χ0) is 23.1. The van der Waals surface area contributed by atoms with Gasteiger partial charge in [-0.3, -0.25) is 19.2 Å². The van der Waals surface area contributed by atoms with E-state index in [1.807, 2.05) is 0 Å². The van der Waals surface area contributed by atoms with Crippen molar-refractivity contribution in [3.05, 3.63) is 57.2 Å². The Balaban J connectivity index is 1.59. The number of carbonyl (C=O) groups is 4. The Bertz CT molecular complexity index is 994. The quantitative estimate of drug-likeness (QED) is 0.588. The van der Waals surface area contributed by atoms with Crippen LogP contribution < -0.4 is 5.32 Å². The van der Waals surface area contributed by atoms with Gasteiger partial charge >= 0.3 is 5.97 Å². The third kappa shape index (κ3) is 5.19. The molecule has 32 heavy (non-hydrogen) atoms. The van der Waals surface area contributed by atoms with Gasteiger partial charge in [-0.25, -0.2) is 0 Å². The molecule has 0 radical (unpaired) electrons. The Morgan fingerprint density at radius 1 is 1.19 bits per heavy atom. The van der Waals surface area contributed by atoms with E-state index in [9.17, 15) is 19.2 Å². The molecule has 1 saturated carbocycles. The van der Waals surface area contributed by atoms with Gasteiger partial charge in [-0.2, -0.15) is 0 Å². The standard InChI is InChI=1S/C23H25ClN2O5S/c1-26(23(12-5-4-10-19(23)27)16-7-2-3-8-17(16)24)20(28)15-31-21(29)11-13-25-22(30)18-9-6-14-32-18/h2-3,6-9,14H,4-5,10-13,15H2,1H3,(H,25,30). The minimum absolute atomic E-state index is 0.0668. The van der Waals surface area contributed by atoms with E-state index in [0.717, 1.165) is 12.8 Å². The van der Waals surface area contributed by atoms with Crippen LogP contribution in [0.5, 0.6) is 0 Å². The minimum Gasteiger partial charge on any atom is -0.456 e. The fourth-order valence-corrected chi connectivity index (χ4v) is 4.86. The Kier molecular flexibility index (Phi) is 8.04. The molecule has 1 aromatic heterocycles. The normalized spacial score (nSPS) is 18.1. The van der Waals surface area contributed by atoms with Crippen molar-refractivity contribution >= 4 is 46.5 Å². The summed E-state index contributed by atoms with van der Waals surface area (Å²) in [7, 11) is 1.55. The molecule has 0 bridgehead atoms. The van der Waals surface area contributed by atoms with Crippen LogP contribution in [0.4, 0.5) is 0 Å². The summed E-state index contributed by atoms with van der Waals surface area (Å²) in [6.07, 6.45) is 2.29. The number of ether oxygens (including phenoxy) is 1. The Morgan fingerprint density at radius 2 is 1.97 bits per heavy atom. The van der Waals surface area contributed by atoms with Crippen LogP contribution in [0.15, 0.2) is 41.8 Å². The van der Waals surface area contributed by atoms with Crippen molar-refractivity contribution in [1.29, 1.82) is 0 Å². The number of amides is 2. The van der Waals surface area contributed by atoms with E-state index < -0.39 is 24.0 Å². The smallest absolute Gasteiger partial charge is 0.308 e. The maximum atomic E-state index is 13.1. The monoisotopic (exact) mass is 476 g/mol. The second-order valence-electron chi connectivity index (χ2n) is 7.57. The maximum Gasteiger partial charge on any atom is 0.308 e. The van der Waals surface area contributed by atoms with E-state index in [4.69, 9.17) is 16.3 Å². The van der Waals surface area contributed by atoms with E-state index in [0.29, 0.717) is 28.3 Å². The molecule has 1 atom stereocenters. The summed E-state index contributed by atoms with van der Waals surface area (Å²) < 4.78 is 5.11. The zero-order valence-electron chi connectivity index (χ0n) is 17.8. The fraction of sp³-hybridized carbons (Fsp3) is 0.391. The van der Waals surface area contributed by atoms with E-state index in [1.165, 1.54) is 16.2 Å². The molecule has 2 aromatic rings. The molecule has 1 aliphatic carbocycles. The number of esters is 1. The second kappa shape index (κ2) is 10.7. The first-order valence-corrected chi connectivity index (χ1v) is 11.6. The number of ketones is 1. The van der Waals surface area contributed by atoms with Gasteiger partial charge in [-0.05, 0) is 36.8 Å². The third-order valence-electron chi connectivity index (χ3n) is 5.64. The summed E-state index contributed by atoms with van der Waals surface area (Å²) in [5, 5.41) is 4.84. The van der Waals surface area contributed by atoms with Crippen molar-refractivity contribution in [2.24, 2.45) is 0 Å². The van der Waals surface area contributed by atoms with Crippen LogP contribution in [0.25, 0.3) is 0 Å². The van der Waals surface area contributed by atoms with Crippen LogP contribution in [0.3, 0.4) is 0 Å². The highest BCUT2D eigenvalue weighted by Crippen LogP contribution is 2.42. The predicted octanol–water partition coefficient (Wildman–Crippen LogP) is 3.56. The number of likely N-dealkylation sites (N-methyl/N-ethyl adjacent to an activating group) is 1. The number of carbonyl (C=O) groups excluding carboxylic acids is 4. The highest BCUT2D eigenvalue weighted by atomic mass is 35.5. The van der Waals surface area contributed by atoms with Crippen molar-refractivity contribution in [3.63, 3.8) is 0 Å². The van der Waals surface area contributed by atoms with Crippen LogP contribution in [0.1, 0.15) is 47.3 Å². The number of thiophene rings is 1. The van der Waals surface area contributed by atoms with Crippen molar-refractivity contribution in [2.45, 2.75) is 37.6 Å². The molecule has 1 aliphatic rings. The van der Waals surface area contributed by atoms with Crippen molar-refractivity contribution < 1.29 is 23.9 Å². The topological polar surface area (TPSA) is 92.8 Å². The van der Waals surface area contributed by atoms with Gasteiger partial charge in [0.05, 0.1) is 11.3 Å². The SMILES string of the molecule is CN(C(=O)COC(=O)CCNC(=O)c1cccs1)C1(c2ccccc2Cl)CCCCC1=O. The first kappa shape index (κ1) is 23.9. The number of nitrogens with one attached hydrogen (secondary N) is 1. The Labute approximate surface area is 195 Å². The molecule has 1 N–H and O–H groups in total. The summed E-state index contributed by atoms with van der Waals surface area (Å²) in [4.78, 5) is 51.8. The second-order valence-corrected chi connectivity index (χ2v) is 8.92. The van der Waals surface area contributed by atoms with Crippen molar-refractivity contribution in [2.75, 3.05) is 20.2 Å². The molecule has 9 heteroatoms. The largest absolute Gasteiger partial charge is 0.456 e. The molecule has 1 unspecified atom stereocenters. The summed E-state index contributed by atoms with van der Waals surface area (Å²) in [5.41, 5.74) is -0.584. The van der Waals surface area contributed by atoms with Crippen molar-refractivity contribution in [3.8, 4) is 0 Å². The fourth-order valence-electron chi connectivity index (χ4n) is 3.93. The summed E-state index contributed by atoms with van der Waals surface area (Å²) in [6, 6.07) is 10.5. The lowest BCUT2D eigenvalue weighted by Gasteiger charge is -2.43. The van der Waals surface area contributed by atoms with Gasteiger partial charge in [0.1, 0.15) is 5.54 Å². The van der Waals surface area contributed by atoms with E-state index in [1.54, 1.807) is 48.8 Å². The van der Waals surface area contributed by atoms with E-state index in [-0.39, 0.29) is 24.7 Å². The number of Topliss-reactive ketones (excluding diaryl/α,β-unsaturated/α-hetero) is 1. The molecule has 0 spiro atoms. The van der Waals surface area contributed by atoms with Crippen LogP contribution in [-0.2, 0) is 24.7 Å². The first-order chi connectivity index (χ1) is 15.4. The molecular formula is C23H25ClN2O5S. The molecule has 1 fully saturated rings. The molecule has 1 aromatic carbocycles. The molecule has 3 rings (SSSR count). The molecule has 170 valence electrons. The van der Waals surface area contributed by atoms with Gasteiger partial charge in [0.25, 0.3) is 11.8 Å². The molecule has 0 saturated heterocycles. The molecule has 0 aliphatic heterocycles. The number of rotatable bonds is 8. The van der Waals surface area contributed by atoms with E-state index >= 15 is 0 Å². The number of hydrogen-bond donors (Lipinski definition) is 1. The summed E-state index contributed by atoms with van der Waals surface area (Å²) >= 11 is 7.70. The Morgan fingerprint density at radius 3 is 2.66 bits per heavy atom. The lowest BCUT2D eigenvalue weighted by atomic mass is 9.74. The summed E-state index contributed by atoms with van der Waals surface area (Å²) in [6.45, 7) is -0.394. The van der Waals surface area contributed by atoms with Crippen LogP contribution >= 0.6 is 22.9 Å². The average molecular weight is 477 g/mol. The molecule has 1 heterocycles. The molecule has 2 amide bonds. The molecular weight excluding hydrogens is 452 g/mol. The Hall–Kier alpha value is -2.71. The van der Waals surface area contributed by atoms with Gasteiger partial charge in [-0.1, -0.05) is 35.9 Å². The van der Waals surface area contributed by atoms with Gasteiger partial charge in [0, 0.05) is 30.6 Å². The van der Waals surface area contributed by atoms with Crippen LogP contribution in [0, 0.1) is 0 Å². The van der Waals surface area contributed by atoms with E-state index in [2.05, 4.69) is 5.32 Å². The number of halogens is 1. The van der Waals surface area contributed by atoms with Gasteiger partial charge in [0.15, 0.2) is 12.4 Å². The zero-order valence-corrected chi connectivity index (χ0v) is 19.3. The number of hydrogen-bond acceptors (Lipinski definition) is 6. The number of nitrogens with zero attached hydrogens (tertiary/aromatic N) is 1. The van der Waals surface area contributed by atoms with Gasteiger partial charge in [0.2, 0.25) is 0 Å². The first-order valence-electron chi connectivity index (χ1n) is 10.4. The van der Waals surface area contributed by atoms with Crippen molar-refractivity contribution in [1.82, 2.24) is 10.2 Å². The van der Waals surface area contributed by atoms with Gasteiger partial charge < -0.3 is 15.0 Å². The van der Waals surface area contributed by atoms with Gasteiger partial charge in [-0.15, -0.1) is 11.3 Å². The highest BCUT2D eigenvalue weighted by molar-refractivity contribution is 7.12. The maximum absolute atomic E-state index is 13.1. The lowest BCUT2D eigenvalue weighted by Crippen LogP contribution is -2.55. The number of benzene rings is 1. The minimum atomic E-state index is -1.17. The van der Waals surface area contributed by atoms with Crippen LogP contribution in [-0.4, -0.2) is 48.7 Å². The lowest BCUT2D eigenvalue weighted by molar-refractivity contribution is -0.157. The highest BCUT2D eigenvalue weighted by Gasteiger charge is 2.47. The average Bonchev–Trinajstić information content (AvgIpc) is 3.33. The third-order valence-corrected chi connectivity index (χ3v) is 6.83.